The summed E-state index contributed by atoms with van der Waals surface area (Å²) in [6.07, 6.45) is 0.615. The summed E-state index contributed by atoms with van der Waals surface area (Å²) in [6, 6.07) is 6.74. The Labute approximate surface area is 122 Å². The Morgan fingerprint density at radius 1 is 1.00 bits per heavy atom. The lowest BCUT2D eigenvalue weighted by atomic mass is 9.63. The maximum Gasteiger partial charge on any atom is 0.573 e. The number of hydrogen-bond donors (Lipinski definition) is 1. The van der Waals surface area contributed by atoms with Gasteiger partial charge in [0, 0.05) is 6.04 Å². The van der Waals surface area contributed by atoms with E-state index in [0.29, 0.717) is 17.4 Å². The summed E-state index contributed by atoms with van der Waals surface area (Å²) in [4.78, 5) is 0. The molecule has 2 N–H and O–H groups in total. The predicted octanol–water partition coefficient (Wildman–Crippen LogP) is 4.21. The second-order valence-corrected chi connectivity index (χ2v) is 6.19. The van der Waals surface area contributed by atoms with Crippen LogP contribution in [0.15, 0.2) is 24.3 Å². The largest absolute Gasteiger partial charge is 0.573 e. The molecule has 116 valence electrons. The zero-order valence-electron chi connectivity index (χ0n) is 11.8. The normalized spacial score (nSPS) is 32.8. The second kappa shape index (κ2) is 5.52. The number of para-hydroxylation sites is 1. The number of rotatable bonds is 3. The van der Waals surface area contributed by atoms with Gasteiger partial charge in [0.15, 0.2) is 0 Å². The highest BCUT2D eigenvalue weighted by molar-refractivity contribution is 5.38. The molecule has 0 radical (unpaired) electrons. The summed E-state index contributed by atoms with van der Waals surface area (Å²) < 4.78 is 41.8. The van der Waals surface area contributed by atoms with Crippen LogP contribution in [0.2, 0.25) is 0 Å². The third-order valence-electron chi connectivity index (χ3n) is 5.05. The van der Waals surface area contributed by atoms with Crippen LogP contribution in [-0.2, 0) is 0 Å². The van der Waals surface area contributed by atoms with E-state index in [2.05, 4.69) is 4.74 Å². The molecule has 0 aliphatic heterocycles. The van der Waals surface area contributed by atoms with Crippen LogP contribution in [0, 0.1) is 11.8 Å². The molecule has 0 heterocycles. The van der Waals surface area contributed by atoms with Gasteiger partial charge in [0.1, 0.15) is 5.75 Å². The quantitative estimate of drug-likeness (QED) is 0.907. The molecule has 4 unspecified atom stereocenters. The molecule has 2 aliphatic rings. The third kappa shape index (κ3) is 3.03. The summed E-state index contributed by atoms with van der Waals surface area (Å²) in [7, 11) is 0. The zero-order chi connectivity index (χ0) is 15.0. The Hall–Kier alpha value is -1.23. The molecule has 2 saturated carbocycles. The van der Waals surface area contributed by atoms with Crippen molar-refractivity contribution in [3.8, 4) is 5.75 Å². The van der Waals surface area contributed by atoms with Gasteiger partial charge in [0.2, 0.25) is 0 Å². The highest BCUT2D eigenvalue weighted by Crippen LogP contribution is 2.52. The van der Waals surface area contributed by atoms with Crippen molar-refractivity contribution < 1.29 is 17.9 Å². The Morgan fingerprint density at radius 2 is 1.76 bits per heavy atom. The standard InChI is InChI=1S/C16H20F3NO/c17-16(18,19)21-15-7-2-1-4-13(15)11-9-8-10(11)12-5-3-6-14(12)20/h1-2,4,7,10-12,14H,3,5-6,8-9,20H2. The first-order valence-corrected chi connectivity index (χ1v) is 7.56. The Morgan fingerprint density at radius 3 is 2.33 bits per heavy atom. The average molecular weight is 299 g/mol. The lowest BCUT2D eigenvalue weighted by molar-refractivity contribution is -0.275. The van der Waals surface area contributed by atoms with Crippen LogP contribution in [0.3, 0.4) is 0 Å². The lowest BCUT2D eigenvalue weighted by Crippen LogP contribution is -2.38. The molecule has 2 aliphatic carbocycles. The maximum absolute atomic E-state index is 12.5. The lowest BCUT2D eigenvalue weighted by Gasteiger charge is -2.43. The molecule has 1 aromatic carbocycles. The average Bonchev–Trinajstić information content (AvgIpc) is 2.75. The molecule has 4 atom stereocenters. The maximum atomic E-state index is 12.5. The first-order valence-electron chi connectivity index (χ1n) is 7.56. The number of hydrogen-bond acceptors (Lipinski definition) is 2. The summed E-state index contributed by atoms with van der Waals surface area (Å²) >= 11 is 0. The smallest absolute Gasteiger partial charge is 0.405 e. The van der Waals surface area contributed by atoms with Crippen LogP contribution in [-0.4, -0.2) is 12.4 Å². The zero-order valence-corrected chi connectivity index (χ0v) is 11.8. The van der Waals surface area contributed by atoms with Gasteiger partial charge in [-0.25, -0.2) is 0 Å². The Kier molecular flexibility index (Phi) is 3.86. The molecule has 5 heteroatoms. The molecule has 1 aromatic rings. The number of alkyl halides is 3. The van der Waals surface area contributed by atoms with Crippen molar-refractivity contribution >= 4 is 0 Å². The van der Waals surface area contributed by atoms with Gasteiger partial charge < -0.3 is 10.5 Å². The highest BCUT2D eigenvalue weighted by atomic mass is 19.4. The molecule has 2 fully saturated rings. The third-order valence-corrected chi connectivity index (χ3v) is 5.05. The molecular weight excluding hydrogens is 279 g/mol. The minimum Gasteiger partial charge on any atom is -0.405 e. The topological polar surface area (TPSA) is 35.2 Å². The van der Waals surface area contributed by atoms with E-state index in [1.807, 2.05) is 0 Å². The Balaban J connectivity index is 1.80. The second-order valence-electron chi connectivity index (χ2n) is 6.19. The van der Waals surface area contributed by atoms with Gasteiger partial charge in [0.25, 0.3) is 0 Å². The fourth-order valence-corrected chi connectivity index (χ4v) is 3.98. The van der Waals surface area contributed by atoms with Gasteiger partial charge >= 0.3 is 6.36 Å². The van der Waals surface area contributed by atoms with Gasteiger partial charge in [0.05, 0.1) is 0 Å². The van der Waals surface area contributed by atoms with Crippen molar-refractivity contribution in [3.05, 3.63) is 29.8 Å². The molecular formula is C16H20F3NO. The Bertz CT molecular complexity index is 503. The minimum absolute atomic E-state index is 0.0498. The van der Waals surface area contributed by atoms with Crippen LogP contribution < -0.4 is 10.5 Å². The predicted molar refractivity (Wildman–Crippen MR) is 73.9 cm³/mol. The van der Waals surface area contributed by atoms with Gasteiger partial charge in [-0.05, 0) is 55.1 Å². The molecule has 0 saturated heterocycles. The van der Waals surface area contributed by atoms with E-state index < -0.39 is 6.36 Å². The van der Waals surface area contributed by atoms with Crippen molar-refractivity contribution in [2.75, 3.05) is 0 Å². The van der Waals surface area contributed by atoms with Gasteiger partial charge in [-0.15, -0.1) is 13.2 Å². The number of ether oxygens (including phenoxy) is 1. The van der Waals surface area contributed by atoms with Crippen LogP contribution >= 0.6 is 0 Å². The van der Waals surface area contributed by atoms with Crippen molar-refractivity contribution in [3.63, 3.8) is 0 Å². The molecule has 3 rings (SSSR count). The molecule has 0 aromatic heterocycles. The van der Waals surface area contributed by atoms with Crippen molar-refractivity contribution in [2.24, 2.45) is 17.6 Å². The number of halogens is 3. The fourth-order valence-electron chi connectivity index (χ4n) is 3.98. The van der Waals surface area contributed by atoms with E-state index in [0.717, 1.165) is 32.1 Å². The van der Waals surface area contributed by atoms with Gasteiger partial charge in [-0.2, -0.15) is 0 Å². The van der Waals surface area contributed by atoms with E-state index in [1.54, 1.807) is 18.2 Å². The van der Waals surface area contributed by atoms with Gasteiger partial charge in [-0.1, -0.05) is 24.6 Å². The van der Waals surface area contributed by atoms with E-state index in [4.69, 9.17) is 5.73 Å². The van der Waals surface area contributed by atoms with Crippen LogP contribution in [0.5, 0.6) is 5.75 Å². The van der Waals surface area contributed by atoms with E-state index in [9.17, 15) is 13.2 Å². The highest BCUT2D eigenvalue weighted by Gasteiger charge is 2.43. The summed E-state index contributed by atoms with van der Waals surface area (Å²) in [6.45, 7) is 0. The first-order chi connectivity index (χ1) is 9.96. The number of benzene rings is 1. The molecule has 21 heavy (non-hydrogen) atoms. The van der Waals surface area contributed by atoms with E-state index >= 15 is 0 Å². The molecule has 0 amide bonds. The molecule has 0 spiro atoms. The summed E-state index contributed by atoms with van der Waals surface area (Å²) in [5.41, 5.74) is 6.84. The van der Waals surface area contributed by atoms with E-state index in [-0.39, 0.29) is 17.7 Å². The van der Waals surface area contributed by atoms with Crippen LogP contribution in [0.4, 0.5) is 13.2 Å². The van der Waals surface area contributed by atoms with Crippen molar-refractivity contribution in [1.29, 1.82) is 0 Å². The fraction of sp³-hybridized carbons (Fsp3) is 0.625. The SMILES string of the molecule is NC1CCCC1C1CCC1c1ccccc1OC(F)(F)F. The molecule has 0 bridgehead atoms. The van der Waals surface area contributed by atoms with Crippen molar-refractivity contribution in [2.45, 2.75) is 50.4 Å². The van der Waals surface area contributed by atoms with Crippen LogP contribution in [0.25, 0.3) is 0 Å². The van der Waals surface area contributed by atoms with Crippen LogP contribution in [0.1, 0.15) is 43.6 Å². The number of nitrogens with two attached hydrogens (primary N) is 1. The van der Waals surface area contributed by atoms with E-state index in [1.165, 1.54) is 6.07 Å². The van der Waals surface area contributed by atoms with Gasteiger partial charge in [-0.3, -0.25) is 0 Å². The summed E-state index contributed by atoms with van der Waals surface area (Å²) in [5, 5.41) is 0. The molecule has 2 nitrogen and oxygen atoms in total. The monoisotopic (exact) mass is 299 g/mol. The van der Waals surface area contributed by atoms with Crippen molar-refractivity contribution in [1.82, 2.24) is 0 Å². The minimum atomic E-state index is -4.64. The first kappa shape index (κ1) is 14.7. The summed E-state index contributed by atoms with van der Waals surface area (Å²) in [5.74, 6) is 0.951.